The quantitative estimate of drug-likeness (QED) is 0.749. The topological polar surface area (TPSA) is 49.9 Å². The summed E-state index contributed by atoms with van der Waals surface area (Å²) in [5, 5.41) is 0. The largest absolute Gasteiger partial charge is 0.469 e. The summed E-state index contributed by atoms with van der Waals surface area (Å²) in [6, 6.07) is 10.7. The first-order valence-corrected chi connectivity index (χ1v) is 10.5. The maximum Gasteiger partial charge on any atom is 0.314 e. The average Bonchev–Trinajstić information content (AvgIpc) is 3.05. The van der Waals surface area contributed by atoms with Gasteiger partial charge in [-0.15, -0.1) is 0 Å². The lowest BCUT2D eigenvalue weighted by atomic mass is 9.48. The normalized spacial score (nSPS) is 29.8. The van der Waals surface area contributed by atoms with Gasteiger partial charge >= 0.3 is 5.97 Å². The molecule has 0 spiro atoms. The van der Waals surface area contributed by atoms with E-state index >= 15 is 0 Å². The molecule has 3 aliphatic rings. The second kappa shape index (κ2) is 7.18. The van der Waals surface area contributed by atoms with Crippen molar-refractivity contribution >= 4 is 11.9 Å². The van der Waals surface area contributed by atoms with Gasteiger partial charge in [0.1, 0.15) is 0 Å². The van der Waals surface area contributed by atoms with Crippen LogP contribution in [0.4, 0.5) is 0 Å². The maximum atomic E-state index is 13.0. The Balaban J connectivity index is 1.33. The van der Waals surface area contributed by atoms with E-state index in [9.17, 15) is 9.59 Å². The van der Waals surface area contributed by atoms with E-state index in [4.69, 9.17) is 4.74 Å². The van der Waals surface area contributed by atoms with Crippen molar-refractivity contribution in [2.75, 3.05) is 39.8 Å². The van der Waals surface area contributed by atoms with Gasteiger partial charge in [-0.1, -0.05) is 44.2 Å². The molecular weight excluding hydrogens is 352 g/mol. The molecule has 0 bridgehead atoms. The molecule has 28 heavy (non-hydrogen) atoms. The first-order chi connectivity index (χ1) is 13.4. The van der Waals surface area contributed by atoms with Crippen LogP contribution in [0.3, 0.4) is 0 Å². The lowest BCUT2D eigenvalue weighted by Gasteiger charge is -2.54. The van der Waals surface area contributed by atoms with Crippen LogP contribution in [0.2, 0.25) is 0 Å². The van der Waals surface area contributed by atoms with Crippen LogP contribution in [0.1, 0.15) is 44.6 Å². The van der Waals surface area contributed by atoms with Crippen molar-refractivity contribution in [2.45, 2.75) is 39.0 Å². The van der Waals surface area contributed by atoms with Gasteiger partial charge in [0, 0.05) is 13.1 Å². The van der Waals surface area contributed by atoms with E-state index in [1.165, 1.54) is 12.7 Å². The van der Waals surface area contributed by atoms with Gasteiger partial charge in [-0.05, 0) is 55.2 Å². The van der Waals surface area contributed by atoms with Gasteiger partial charge < -0.3 is 9.64 Å². The molecule has 3 fully saturated rings. The molecule has 2 heterocycles. The molecular formula is C23H32N2O3. The number of piperidine rings is 1. The number of ether oxygens (including phenoxy) is 1. The lowest BCUT2D eigenvalue weighted by molar-refractivity contribution is -0.174. The minimum Gasteiger partial charge on any atom is -0.469 e. The summed E-state index contributed by atoms with van der Waals surface area (Å²) in [6.45, 7) is 7.97. The van der Waals surface area contributed by atoms with Crippen molar-refractivity contribution < 1.29 is 14.3 Å². The van der Waals surface area contributed by atoms with Crippen molar-refractivity contribution in [1.29, 1.82) is 0 Å². The summed E-state index contributed by atoms with van der Waals surface area (Å²) < 4.78 is 5.10. The van der Waals surface area contributed by atoms with E-state index in [2.05, 4.69) is 49.1 Å². The Morgan fingerprint density at radius 2 is 1.82 bits per heavy atom. The van der Waals surface area contributed by atoms with Crippen molar-refractivity contribution in [3.05, 3.63) is 35.9 Å². The summed E-state index contributed by atoms with van der Waals surface area (Å²) in [5.41, 5.74) is 1.03. The number of rotatable bonds is 4. The molecule has 4 rings (SSSR count). The molecule has 0 aromatic heterocycles. The highest BCUT2D eigenvalue weighted by atomic mass is 16.5. The van der Waals surface area contributed by atoms with E-state index in [0.717, 1.165) is 32.4 Å². The Labute approximate surface area is 168 Å². The molecule has 2 aliphatic heterocycles. The SMILES string of the molecule is COC(=O)[C@@]12CN(C(=O)CN3CCC(c4ccccc4)CC3)C[C@@H]1C(C)(C)C2. The second-order valence-electron chi connectivity index (χ2n) is 9.60. The molecule has 1 amide bonds. The fourth-order valence-corrected chi connectivity index (χ4v) is 6.00. The number of hydrogen-bond acceptors (Lipinski definition) is 4. The van der Waals surface area contributed by atoms with Crippen LogP contribution < -0.4 is 0 Å². The fraction of sp³-hybridized carbons (Fsp3) is 0.652. The third kappa shape index (κ3) is 3.24. The van der Waals surface area contributed by atoms with Gasteiger partial charge in [0.25, 0.3) is 0 Å². The molecule has 1 saturated carbocycles. The Hall–Kier alpha value is -1.88. The Bertz CT molecular complexity index is 739. The minimum absolute atomic E-state index is 0.0945. The van der Waals surface area contributed by atoms with E-state index in [0.29, 0.717) is 25.6 Å². The number of hydrogen-bond donors (Lipinski definition) is 0. The Morgan fingerprint density at radius 3 is 2.43 bits per heavy atom. The van der Waals surface area contributed by atoms with Gasteiger partial charge in [0.15, 0.2) is 0 Å². The molecule has 0 unspecified atom stereocenters. The zero-order valence-corrected chi connectivity index (χ0v) is 17.3. The molecule has 2 atom stereocenters. The predicted octanol–water partition coefficient (Wildman–Crippen LogP) is 2.91. The highest BCUT2D eigenvalue weighted by molar-refractivity contribution is 5.84. The van der Waals surface area contributed by atoms with Gasteiger partial charge in [0.2, 0.25) is 5.91 Å². The third-order valence-corrected chi connectivity index (χ3v) is 7.42. The highest BCUT2D eigenvalue weighted by Crippen LogP contribution is 2.63. The molecule has 1 aromatic carbocycles. The van der Waals surface area contributed by atoms with Gasteiger partial charge in [-0.2, -0.15) is 0 Å². The number of fused-ring (bicyclic) bond motifs is 1. The van der Waals surface area contributed by atoms with Gasteiger partial charge in [-0.25, -0.2) is 0 Å². The van der Waals surface area contributed by atoms with Crippen LogP contribution in [0.25, 0.3) is 0 Å². The van der Waals surface area contributed by atoms with E-state index in [1.807, 2.05) is 4.90 Å². The Kier molecular flexibility index (Phi) is 4.98. The average molecular weight is 385 g/mol. The van der Waals surface area contributed by atoms with E-state index in [1.54, 1.807) is 0 Å². The minimum atomic E-state index is -0.478. The monoisotopic (exact) mass is 384 g/mol. The van der Waals surface area contributed by atoms with E-state index in [-0.39, 0.29) is 23.2 Å². The van der Waals surface area contributed by atoms with E-state index < -0.39 is 5.41 Å². The standard InChI is InChI=1S/C23H32N2O3/c1-22(2)15-23(21(27)28-3)16-25(13-19(22)23)20(26)14-24-11-9-18(10-12-24)17-7-5-4-6-8-17/h4-8,18-19H,9-16H2,1-3H3/t19-,23+/m1/s1. The summed E-state index contributed by atoms with van der Waals surface area (Å²) in [4.78, 5) is 29.6. The van der Waals surface area contributed by atoms with Gasteiger partial charge in [0.05, 0.1) is 19.1 Å². The molecule has 0 radical (unpaired) electrons. The Morgan fingerprint density at radius 1 is 1.14 bits per heavy atom. The third-order valence-electron chi connectivity index (χ3n) is 7.42. The lowest BCUT2D eigenvalue weighted by Crippen LogP contribution is -2.57. The maximum absolute atomic E-state index is 13.0. The molecule has 5 nitrogen and oxygen atoms in total. The molecule has 2 saturated heterocycles. The zero-order chi connectivity index (χ0) is 19.9. The number of carbonyl (C=O) groups excluding carboxylic acids is 2. The molecule has 1 aromatic rings. The highest BCUT2D eigenvalue weighted by Gasteiger charge is 2.68. The molecule has 5 heteroatoms. The molecule has 1 aliphatic carbocycles. The summed E-state index contributed by atoms with van der Waals surface area (Å²) in [6.07, 6.45) is 3.00. The number of benzene rings is 1. The summed E-state index contributed by atoms with van der Waals surface area (Å²) in [5.74, 6) is 0.821. The van der Waals surface area contributed by atoms with Crippen molar-refractivity contribution in [3.8, 4) is 0 Å². The molecule has 152 valence electrons. The number of likely N-dealkylation sites (tertiary alicyclic amines) is 2. The summed E-state index contributed by atoms with van der Waals surface area (Å²) >= 11 is 0. The van der Waals surface area contributed by atoms with Crippen LogP contribution in [-0.2, 0) is 14.3 Å². The number of carbonyl (C=O) groups is 2. The second-order valence-corrected chi connectivity index (χ2v) is 9.60. The van der Waals surface area contributed by atoms with Crippen molar-refractivity contribution in [1.82, 2.24) is 9.80 Å². The fourth-order valence-electron chi connectivity index (χ4n) is 6.00. The predicted molar refractivity (Wildman–Crippen MR) is 108 cm³/mol. The first kappa shape index (κ1) is 19.4. The van der Waals surface area contributed by atoms with Gasteiger partial charge in [-0.3, -0.25) is 14.5 Å². The van der Waals surface area contributed by atoms with Crippen molar-refractivity contribution in [2.24, 2.45) is 16.7 Å². The smallest absolute Gasteiger partial charge is 0.314 e. The summed E-state index contributed by atoms with van der Waals surface area (Å²) in [7, 11) is 1.46. The molecule has 0 N–H and O–H groups in total. The number of nitrogens with zero attached hydrogens (tertiary/aromatic N) is 2. The van der Waals surface area contributed by atoms with Crippen molar-refractivity contribution in [3.63, 3.8) is 0 Å². The van der Waals surface area contributed by atoms with Crippen LogP contribution in [0.5, 0.6) is 0 Å². The van der Waals surface area contributed by atoms with Crippen LogP contribution in [0, 0.1) is 16.7 Å². The van der Waals surface area contributed by atoms with Crippen LogP contribution >= 0.6 is 0 Å². The number of esters is 1. The van der Waals surface area contributed by atoms with Crippen LogP contribution in [-0.4, -0.2) is 61.5 Å². The number of amides is 1. The van der Waals surface area contributed by atoms with Crippen LogP contribution in [0.15, 0.2) is 30.3 Å². The zero-order valence-electron chi connectivity index (χ0n) is 17.3. The number of methoxy groups -OCH3 is 1. The first-order valence-electron chi connectivity index (χ1n) is 10.5.